The summed E-state index contributed by atoms with van der Waals surface area (Å²) in [7, 11) is 1.13. The fourth-order valence-corrected chi connectivity index (χ4v) is 3.07. The maximum absolute atomic E-state index is 13.8. The molecule has 0 unspecified atom stereocenters. The third-order valence-corrected chi connectivity index (χ3v) is 4.30. The zero-order valence-corrected chi connectivity index (χ0v) is 13.3. The van der Waals surface area contributed by atoms with E-state index in [1.165, 1.54) is 11.0 Å². The Morgan fingerprint density at radius 2 is 2.04 bits per heavy atom. The van der Waals surface area contributed by atoms with Gasteiger partial charge in [-0.25, -0.2) is 8.78 Å². The van der Waals surface area contributed by atoms with Gasteiger partial charge in [-0.15, -0.1) is 6.58 Å². The molecule has 1 aromatic rings. The molecule has 1 N–H and O–H groups in total. The maximum atomic E-state index is 13.8. The zero-order chi connectivity index (χ0) is 17.9. The first-order valence-corrected chi connectivity index (χ1v) is 7.51. The molecule has 1 atom stereocenters. The standard InChI is InChI=1S/C17H19F2NO4/c1-3-5-17(16(22)23)6-4-7-20(10-17)15(21)11-8-12(18)14(24-2)13(19)9-11/h3,8-9H,1,4-7,10H2,2H3,(H,22,23)/t17-/m0/s1. The molecule has 0 spiro atoms. The number of rotatable bonds is 5. The number of piperidine rings is 1. The number of likely N-dealkylation sites (tertiary alicyclic amines) is 1. The molecule has 1 aliphatic rings. The van der Waals surface area contributed by atoms with E-state index in [-0.39, 0.29) is 18.5 Å². The normalized spacial score (nSPS) is 20.5. The highest BCUT2D eigenvalue weighted by molar-refractivity contribution is 5.95. The SMILES string of the molecule is C=CC[C@]1(C(=O)O)CCCN(C(=O)c2cc(F)c(OC)c(F)c2)C1. The van der Waals surface area contributed by atoms with Gasteiger partial charge in [0.05, 0.1) is 12.5 Å². The van der Waals surface area contributed by atoms with Crippen LogP contribution in [0.3, 0.4) is 0 Å². The molecule has 24 heavy (non-hydrogen) atoms. The predicted molar refractivity (Wildman–Crippen MR) is 82.9 cm³/mol. The fourth-order valence-electron chi connectivity index (χ4n) is 3.07. The molecule has 2 rings (SSSR count). The number of hydrogen-bond donors (Lipinski definition) is 1. The third kappa shape index (κ3) is 3.25. The lowest BCUT2D eigenvalue weighted by Crippen LogP contribution is -2.49. The topological polar surface area (TPSA) is 66.8 Å². The van der Waals surface area contributed by atoms with Crippen molar-refractivity contribution in [3.63, 3.8) is 0 Å². The Hall–Kier alpha value is -2.44. The van der Waals surface area contributed by atoms with E-state index in [0.29, 0.717) is 19.4 Å². The minimum atomic E-state index is -1.11. The van der Waals surface area contributed by atoms with Gasteiger partial charge in [0.15, 0.2) is 17.4 Å². The van der Waals surface area contributed by atoms with Crippen molar-refractivity contribution >= 4 is 11.9 Å². The van der Waals surface area contributed by atoms with Gasteiger partial charge in [-0.1, -0.05) is 6.08 Å². The van der Waals surface area contributed by atoms with Gasteiger partial charge in [0.25, 0.3) is 5.91 Å². The number of ether oxygens (including phenoxy) is 1. The molecule has 0 bridgehead atoms. The van der Waals surface area contributed by atoms with E-state index in [2.05, 4.69) is 11.3 Å². The average molecular weight is 339 g/mol. The Bertz CT molecular complexity index is 654. The number of carboxylic acids is 1. The van der Waals surface area contributed by atoms with Gasteiger partial charge in [0.1, 0.15) is 0 Å². The Morgan fingerprint density at radius 1 is 1.42 bits per heavy atom. The van der Waals surface area contributed by atoms with Gasteiger partial charge >= 0.3 is 5.97 Å². The highest BCUT2D eigenvalue weighted by Crippen LogP contribution is 2.35. The van der Waals surface area contributed by atoms with Crippen LogP contribution in [0.15, 0.2) is 24.8 Å². The van der Waals surface area contributed by atoms with Gasteiger partial charge in [-0.3, -0.25) is 9.59 Å². The van der Waals surface area contributed by atoms with Gasteiger partial charge in [0, 0.05) is 18.7 Å². The molecule has 0 aliphatic carbocycles. The molecule has 0 saturated carbocycles. The first kappa shape index (κ1) is 17.9. The Balaban J connectivity index is 2.29. The number of aliphatic carboxylic acids is 1. The quantitative estimate of drug-likeness (QED) is 0.838. The van der Waals surface area contributed by atoms with Crippen molar-refractivity contribution in [3.8, 4) is 5.75 Å². The highest BCUT2D eigenvalue weighted by Gasteiger charge is 2.42. The van der Waals surface area contributed by atoms with E-state index >= 15 is 0 Å². The first-order chi connectivity index (χ1) is 11.3. The summed E-state index contributed by atoms with van der Waals surface area (Å²) in [5.74, 6) is -4.13. The van der Waals surface area contributed by atoms with Crippen molar-refractivity contribution in [3.05, 3.63) is 42.0 Å². The summed E-state index contributed by atoms with van der Waals surface area (Å²) in [5.41, 5.74) is -1.29. The molecule has 1 fully saturated rings. The van der Waals surface area contributed by atoms with E-state index in [4.69, 9.17) is 0 Å². The smallest absolute Gasteiger partial charge is 0.311 e. The molecule has 0 radical (unpaired) electrons. The van der Waals surface area contributed by atoms with E-state index in [1.54, 1.807) is 0 Å². The van der Waals surface area contributed by atoms with Gasteiger partial charge < -0.3 is 14.7 Å². The number of halogens is 2. The summed E-state index contributed by atoms with van der Waals surface area (Å²) in [6, 6.07) is 1.80. The zero-order valence-electron chi connectivity index (χ0n) is 13.3. The van der Waals surface area contributed by atoms with Crippen LogP contribution in [0.4, 0.5) is 8.78 Å². The van der Waals surface area contributed by atoms with Gasteiger partial charge in [-0.05, 0) is 31.4 Å². The van der Waals surface area contributed by atoms with E-state index in [0.717, 1.165) is 19.2 Å². The minimum absolute atomic E-state index is 0.0253. The lowest BCUT2D eigenvalue weighted by molar-refractivity contribution is -0.151. The summed E-state index contributed by atoms with van der Waals surface area (Å²) >= 11 is 0. The van der Waals surface area contributed by atoms with Crippen LogP contribution in [0.1, 0.15) is 29.6 Å². The van der Waals surface area contributed by atoms with Crippen LogP contribution in [-0.2, 0) is 4.79 Å². The van der Waals surface area contributed by atoms with Crippen molar-refractivity contribution in [2.24, 2.45) is 5.41 Å². The Labute approximate surface area is 138 Å². The number of hydrogen-bond acceptors (Lipinski definition) is 3. The van der Waals surface area contributed by atoms with Crippen LogP contribution in [0, 0.1) is 17.0 Å². The van der Waals surface area contributed by atoms with E-state index in [1.807, 2.05) is 0 Å². The number of carbonyl (C=O) groups excluding carboxylic acids is 1. The molecule has 0 aromatic heterocycles. The van der Waals surface area contributed by atoms with Crippen LogP contribution >= 0.6 is 0 Å². The monoisotopic (exact) mass is 339 g/mol. The van der Waals surface area contributed by atoms with E-state index in [9.17, 15) is 23.5 Å². The molecule has 1 heterocycles. The summed E-state index contributed by atoms with van der Waals surface area (Å²) in [6.45, 7) is 3.88. The molecule has 1 amide bonds. The number of allylic oxidation sites excluding steroid dienone is 1. The van der Waals surface area contributed by atoms with Crippen molar-refractivity contribution in [2.45, 2.75) is 19.3 Å². The second kappa shape index (κ2) is 6.98. The first-order valence-electron chi connectivity index (χ1n) is 7.51. The number of amides is 1. The van der Waals surface area contributed by atoms with Crippen LogP contribution in [0.25, 0.3) is 0 Å². The largest absolute Gasteiger partial charge is 0.491 e. The lowest BCUT2D eigenvalue weighted by atomic mass is 9.77. The Morgan fingerprint density at radius 3 is 2.54 bits per heavy atom. The molecule has 1 aliphatic heterocycles. The predicted octanol–water partition coefficient (Wildman–Crippen LogP) is 2.86. The fraction of sp³-hybridized carbons (Fsp3) is 0.412. The second-order valence-corrected chi connectivity index (χ2v) is 5.88. The van der Waals surface area contributed by atoms with Crippen LogP contribution < -0.4 is 4.74 Å². The molecular formula is C17H19F2NO4. The van der Waals surface area contributed by atoms with Crippen LogP contribution in [0.2, 0.25) is 0 Å². The van der Waals surface area contributed by atoms with Crippen molar-refractivity contribution in [1.29, 1.82) is 0 Å². The molecule has 130 valence electrons. The molecule has 5 nitrogen and oxygen atoms in total. The number of nitrogens with zero attached hydrogens (tertiary/aromatic N) is 1. The summed E-state index contributed by atoms with van der Waals surface area (Å²) < 4.78 is 32.2. The Kier molecular flexibility index (Phi) is 5.21. The third-order valence-electron chi connectivity index (χ3n) is 4.30. The van der Waals surface area contributed by atoms with Crippen molar-refractivity contribution in [2.75, 3.05) is 20.2 Å². The van der Waals surface area contributed by atoms with Crippen LogP contribution in [-0.4, -0.2) is 42.1 Å². The van der Waals surface area contributed by atoms with Crippen LogP contribution in [0.5, 0.6) is 5.75 Å². The van der Waals surface area contributed by atoms with E-state index < -0.39 is 34.7 Å². The van der Waals surface area contributed by atoms with Crippen molar-refractivity contribution in [1.82, 2.24) is 4.90 Å². The molecular weight excluding hydrogens is 320 g/mol. The van der Waals surface area contributed by atoms with Gasteiger partial charge in [0.2, 0.25) is 0 Å². The number of methoxy groups -OCH3 is 1. The maximum Gasteiger partial charge on any atom is 0.311 e. The molecule has 7 heteroatoms. The number of benzene rings is 1. The lowest BCUT2D eigenvalue weighted by Gasteiger charge is -2.39. The van der Waals surface area contributed by atoms with Crippen molar-refractivity contribution < 1.29 is 28.2 Å². The molecule has 1 saturated heterocycles. The molecule has 1 aromatic carbocycles. The van der Waals surface area contributed by atoms with Gasteiger partial charge in [-0.2, -0.15) is 0 Å². The summed E-state index contributed by atoms with van der Waals surface area (Å²) in [4.78, 5) is 25.5. The number of carbonyl (C=O) groups is 2. The summed E-state index contributed by atoms with van der Waals surface area (Å²) in [5, 5.41) is 9.52. The summed E-state index contributed by atoms with van der Waals surface area (Å²) in [6.07, 6.45) is 2.64. The number of carboxylic acid groups (broad SMARTS) is 1. The minimum Gasteiger partial charge on any atom is -0.491 e. The highest BCUT2D eigenvalue weighted by atomic mass is 19.1. The second-order valence-electron chi connectivity index (χ2n) is 5.88. The average Bonchev–Trinajstić information content (AvgIpc) is 2.54.